The molecule has 0 aliphatic carbocycles. The second-order valence-corrected chi connectivity index (χ2v) is 6.26. The summed E-state index contributed by atoms with van der Waals surface area (Å²) in [6.45, 7) is 4.49. The van der Waals surface area contributed by atoms with Gasteiger partial charge in [0.05, 0.1) is 17.6 Å². The van der Waals surface area contributed by atoms with Gasteiger partial charge in [0.15, 0.2) is 5.96 Å². The minimum absolute atomic E-state index is 0.796. The number of fused-ring (bicyclic) bond motifs is 1. The minimum atomic E-state index is 0.796. The fraction of sp³-hybridized carbons (Fsp3) is 0.294. The van der Waals surface area contributed by atoms with Gasteiger partial charge in [-0.25, -0.2) is 4.98 Å². The van der Waals surface area contributed by atoms with Crippen molar-refractivity contribution in [3.05, 3.63) is 52.5 Å². The van der Waals surface area contributed by atoms with Crippen LogP contribution in [0.1, 0.15) is 10.7 Å². The number of aliphatic imine (C=N–C) groups is 1. The van der Waals surface area contributed by atoms with E-state index >= 15 is 0 Å². The topological polar surface area (TPSA) is 54.2 Å². The van der Waals surface area contributed by atoms with Crippen LogP contribution in [0, 0.1) is 6.92 Å². The second-order valence-electron chi connectivity index (χ2n) is 5.23. The van der Waals surface area contributed by atoms with Gasteiger partial charge >= 0.3 is 0 Å². The average Bonchev–Trinajstić information content (AvgIpc) is 3.18. The van der Waals surface area contributed by atoms with Gasteiger partial charge in [-0.1, -0.05) is 18.2 Å². The fourth-order valence-electron chi connectivity index (χ4n) is 2.57. The summed E-state index contributed by atoms with van der Waals surface area (Å²) in [7, 11) is 1.79. The highest BCUT2D eigenvalue weighted by Crippen LogP contribution is 2.14. The van der Waals surface area contributed by atoms with Crippen molar-refractivity contribution in [1.82, 2.24) is 20.2 Å². The highest BCUT2D eigenvalue weighted by molar-refractivity contribution is 7.09. The van der Waals surface area contributed by atoms with Crippen LogP contribution in [-0.2, 0) is 13.1 Å². The molecule has 0 aliphatic heterocycles. The van der Waals surface area contributed by atoms with E-state index in [1.54, 1.807) is 18.4 Å². The van der Waals surface area contributed by atoms with Crippen molar-refractivity contribution >= 4 is 28.3 Å². The number of nitrogens with one attached hydrogen (secondary N) is 2. The third-order valence-corrected chi connectivity index (χ3v) is 4.58. The molecule has 0 amide bonds. The first-order valence-electron chi connectivity index (χ1n) is 7.66. The quantitative estimate of drug-likeness (QED) is 0.560. The molecule has 0 spiro atoms. The Kier molecular flexibility index (Phi) is 4.92. The zero-order valence-corrected chi connectivity index (χ0v) is 14.2. The van der Waals surface area contributed by atoms with Crippen LogP contribution in [0.2, 0.25) is 0 Å². The molecule has 3 rings (SSSR count). The van der Waals surface area contributed by atoms with Crippen LogP contribution < -0.4 is 10.6 Å². The Hall–Kier alpha value is -2.34. The monoisotopic (exact) mass is 327 g/mol. The standard InChI is InChI=1S/C17H21N5S/c1-13-21-15-7-3-4-8-16(15)22(13)10-9-19-17(18-2)20-12-14-6-5-11-23-14/h3-8,11H,9-10,12H2,1-2H3,(H2,18,19,20). The summed E-state index contributed by atoms with van der Waals surface area (Å²) in [6, 6.07) is 12.4. The second kappa shape index (κ2) is 7.28. The maximum atomic E-state index is 4.59. The molecule has 0 bridgehead atoms. The molecule has 23 heavy (non-hydrogen) atoms. The van der Waals surface area contributed by atoms with Crippen molar-refractivity contribution in [2.75, 3.05) is 13.6 Å². The molecule has 0 saturated heterocycles. The number of rotatable bonds is 5. The SMILES string of the molecule is CN=C(NCCn1c(C)nc2ccccc21)NCc1cccs1. The number of imidazole rings is 1. The number of benzene rings is 1. The van der Waals surface area contributed by atoms with E-state index in [-0.39, 0.29) is 0 Å². The fourth-order valence-corrected chi connectivity index (χ4v) is 3.21. The van der Waals surface area contributed by atoms with Gasteiger partial charge in [-0.3, -0.25) is 4.99 Å². The first kappa shape index (κ1) is 15.6. The van der Waals surface area contributed by atoms with Crippen LogP contribution in [0.3, 0.4) is 0 Å². The van der Waals surface area contributed by atoms with Crippen molar-refractivity contribution in [2.24, 2.45) is 4.99 Å². The summed E-state index contributed by atoms with van der Waals surface area (Å²) in [5, 5.41) is 8.77. The smallest absolute Gasteiger partial charge is 0.191 e. The number of hydrogen-bond donors (Lipinski definition) is 2. The van der Waals surface area contributed by atoms with Crippen LogP contribution >= 0.6 is 11.3 Å². The van der Waals surface area contributed by atoms with E-state index in [0.717, 1.165) is 36.9 Å². The molecule has 2 heterocycles. The van der Waals surface area contributed by atoms with Gasteiger partial charge in [0.2, 0.25) is 0 Å². The lowest BCUT2D eigenvalue weighted by Gasteiger charge is -2.12. The maximum Gasteiger partial charge on any atom is 0.191 e. The lowest BCUT2D eigenvalue weighted by molar-refractivity contribution is 0.660. The lowest BCUT2D eigenvalue weighted by Crippen LogP contribution is -2.38. The first-order chi connectivity index (χ1) is 11.3. The maximum absolute atomic E-state index is 4.59. The molecular weight excluding hydrogens is 306 g/mol. The molecule has 5 nitrogen and oxygen atoms in total. The van der Waals surface area contributed by atoms with Gasteiger partial charge in [0.25, 0.3) is 0 Å². The summed E-state index contributed by atoms with van der Waals surface area (Å²) in [6.07, 6.45) is 0. The highest BCUT2D eigenvalue weighted by atomic mass is 32.1. The van der Waals surface area contributed by atoms with E-state index in [1.807, 2.05) is 19.1 Å². The zero-order chi connectivity index (χ0) is 16.1. The van der Waals surface area contributed by atoms with Crippen LogP contribution in [0.15, 0.2) is 46.8 Å². The van der Waals surface area contributed by atoms with Crippen LogP contribution in [-0.4, -0.2) is 29.1 Å². The van der Waals surface area contributed by atoms with Gasteiger partial charge in [-0.15, -0.1) is 11.3 Å². The normalized spacial score (nSPS) is 11.8. The molecule has 1 aromatic carbocycles. The zero-order valence-electron chi connectivity index (χ0n) is 13.4. The molecular formula is C17H21N5S. The summed E-state index contributed by atoms with van der Waals surface area (Å²) in [5.41, 5.74) is 2.22. The van der Waals surface area contributed by atoms with E-state index < -0.39 is 0 Å². The van der Waals surface area contributed by atoms with E-state index in [4.69, 9.17) is 0 Å². The number of hydrogen-bond acceptors (Lipinski definition) is 3. The van der Waals surface area contributed by atoms with E-state index in [1.165, 1.54) is 10.4 Å². The Morgan fingerprint density at radius 1 is 1.22 bits per heavy atom. The van der Waals surface area contributed by atoms with Gasteiger partial charge in [0.1, 0.15) is 5.82 Å². The average molecular weight is 327 g/mol. The molecule has 0 radical (unpaired) electrons. The summed E-state index contributed by atoms with van der Waals surface area (Å²) in [4.78, 5) is 10.2. The van der Waals surface area contributed by atoms with E-state index in [2.05, 4.69) is 54.8 Å². The largest absolute Gasteiger partial charge is 0.355 e. The van der Waals surface area contributed by atoms with Crippen molar-refractivity contribution in [3.63, 3.8) is 0 Å². The third-order valence-electron chi connectivity index (χ3n) is 3.71. The molecule has 2 aromatic heterocycles. The Labute approximate surface area is 140 Å². The van der Waals surface area contributed by atoms with Gasteiger partial charge in [-0.05, 0) is 30.5 Å². The van der Waals surface area contributed by atoms with Crippen LogP contribution in [0.25, 0.3) is 11.0 Å². The highest BCUT2D eigenvalue weighted by Gasteiger charge is 2.06. The van der Waals surface area contributed by atoms with E-state index in [9.17, 15) is 0 Å². The Bertz CT molecular complexity index is 789. The molecule has 6 heteroatoms. The molecule has 0 saturated carbocycles. The molecule has 0 atom stereocenters. The summed E-state index contributed by atoms with van der Waals surface area (Å²) in [5.74, 6) is 1.86. The van der Waals surface area contributed by atoms with E-state index in [0.29, 0.717) is 0 Å². The molecule has 0 fully saturated rings. The van der Waals surface area contributed by atoms with Crippen molar-refractivity contribution in [3.8, 4) is 0 Å². The summed E-state index contributed by atoms with van der Waals surface area (Å²) >= 11 is 1.74. The Balaban J connectivity index is 1.56. The lowest BCUT2D eigenvalue weighted by atomic mass is 10.3. The number of thiophene rings is 1. The Morgan fingerprint density at radius 3 is 2.87 bits per heavy atom. The number of aromatic nitrogens is 2. The third kappa shape index (κ3) is 3.71. The predicted molar refractivity (Wildman–Crippen MR) is 97.0 cm³/mol. The number of para-hydroxylation sites is 2. The first-order valence-corrected chi connectivity index (χ1v) is 8.54. The Morgan fingerprint density at radius 2 is 2.09 bits per heavy atom. The molecule has 3 aromatic rings. The van der Waals surface area contributed by atoms with Crippen molar-refractivity contribution < 1.29 is 0 Å². The molecule has 2 N–H and O–H groups in total. The van der Waals surface area contributed by atoms with Gasteiger partial charge in [0, 0.05) is 25.0 Å². The number of aryl methyl sites for hydroxylation is 1. The van der Waals surface area contributed by atoms with Gasteiger partial charge < -0.3 is 15.2 Å². The minimum Gasteiger partial charge on any atom is -0.355 e. The predicted octanol–water partition coefficient (Wildman–Crippen LogP) is 2.77. The van der Waals surface area contributed by atoms with Gasteiger partial charge in [-0.2, -0.15) is 0 Å². The molecule has 120 valence electrons. The molecule has 0 unspecified atom stereocenters. The van der Waals surface area contributed by atoms with Crippen LogP contribution in [0.4, 0.5) is 0 Å². The number of guanidine groups is 1. The van der Waals surface area contributed by atoms with Crippen LogP contribution in [0.5, 0.6) is 0 Å². The van der Waals surface area contributed by atoms with Crippen molar-refractivity contribution in [1.29, 1.82) is 0 Å². The summed E-state index contributed by atoms with van der Waals surface area (Å²) < 4.78 is 2.23. The van der Waals surface area contributed by atoms with Crippen molar-refractivity contribution in [2.45, 2.75) is 20.0 Å². The molecule has 0 aliphatic rings. The number of nitrogens with zero attached hydrogens (tertiary/aromatic N) is 3.